The zero-order chi connectivity index (χ0) is 53.6. The Hall–Kier alpha value is -2.18. The van der Waals surface area contributed by atoms with Crippen molar-refractivity contribution in [1.29, 1.82) is 0 Å². The largest absolute Gasteiger partial charge is 0.466 e. The van der Waals surface area contributed by atoms with Crippen LogP contribution in [0.5, 0.6) is 0 Å². The Balaban J connectivity index is 3.42. The predicted molar refractivity (Wildman–Crippen MR) is 324 cm³/mol. The number of allylic oxidation sites excluding steroid dienone is 7. The lowest BCUT2D eigenvalue weighted by Gasteiger charge is -2.20. The lowest BCUT2D eigenvalue weighted by Crippen LogP contribution is -2.45. The average Bonchev–Trinajstić information content (AvgIpc) is 3.40. The maximum Gasteiger partial charge on any atom is 0.305 e. The van der Waals surface area contributed by atoms with Crippen LogP contribution in [0.15, 0.2) is 48.6 Å². The van der Waals surface area contributed by atoms with E-state index in [1.165, 1.54) is 270 Å². The van der Waals surface area contributed by atoms with Gasteiger partial charge in [0, 0.05) is 12.8 Å². The second-order valence-corrected chi connectivity index (χ2v) is 22.4. The van der Waals surface area contributed by atoms with Gasteiger partial charge in [-0.05, 0) is 89.9 Å². The minimum atomic E-state index is -0.848. The van der Waals surface area contributed by atoms with Gasteiger partial charge < -0.3 is 20.3 Å². The third-order valence-electron chi connectivity index (χ3n) is 15.1. The van der Waals surface area contributed by atoms with E-state index < -0.39 is 12.1 Å². The molecule has 0 aromatic carbocycles. The highest BCUT2D eigenvalue weighted by atomic mass is 16.5. The van der Waals surface area contributed by atoms with Crippen LogP contribution in [0, 0.1) is 0 Å². The first-order chi connectivity index (χ1) is 36.5. The summed E-state index contributed by atoms with van der Waals surface area (Å²) in [6.07, 6.45) is 81.6. The van der Waals surface area contributed by atoms with E-state index >= 15 is 0 Å². The molecule has 6 heteroatoms. The van der Waals surface area contributed by atoms with Gasteiger partial charge in [0.1, 0.15) is 0 Å². The highest BCUT2D eigenvalue weighted by Crippen LogP contribution is 2.17. The summed E-state index contributed by atoms with van der Waals surface area (Å²) in [7, 11) is 0. The fourth-order valence-electron chi connectivity index (χ4n) is 10.0. The molecule has 0 saturated heterocycles. The van der Waals surface area contributed by atoms with Gasteiger partial charge in [-0.2, -0.15) is 0 Å². The number of hydrogen-bond acceptors (Lipinski definition) is 5. The van der Waals surface area contributed by atoms with Gasteiger partial charge in [-0.15, -0.1) is 0 Å². The molecular weight excluding hydrogens is 911 g/mol. The van der Waals surface area contributed by atoms with E-state index in [4.69, 9.17) is 4.74 Å². The number of hydrogen-bond donors (Lipinski definition) is 3. The second-order valence-electron chi connectivity index (χ2n) is 22.4. The zero-order valence-corrected chi connectivity index (χ0v) is 49.6. The molecule has 0 heterocycles. The smallest absolute Gasteiger partial charge is 0.305 e. The van der Waals surface area contributed by atoms with E-state index in [0.29, 0.717) is 19.4 Å². The number of unbranched alkanes of at least 4 members (excludes halogenated alkanes) is 44. The molecule has 0 aromatic rings. The zero-order valence-electron chi connectivity index (χ0n) is 49.6. The first-order valence-corrected chi connectivity index (χ1v) is 32.9. The van der Waals surface area contributed by atoms with Gasteiger partial charge in [0.2, 0.25) is 5.91 Å². The van der Waals surface area contributed by atoms with Crippen molar-refractivity contribution in [3.63, 3.8) is 0 Å². The van der Waals surface area contributed by atoms with E-state index in [1.54, 1.807) is 6.08 Å². The number of nitrogens with one attached hydrogen (secondary N) is 1. The summed E-state index contributed by atoms with van der Waals surface area (Å²) in [6.45, 7) is 4.89. The molecule has 0 aliphatic carbocycles. The molecule has 0 spiro atoms. The van der Waals surface area contributed by atoms with Crippen molar-refractivity contribution in [3.05, 3.63) is 48.6 Å². The van der Waals surface area contributed by atoms with Crippen LogP contribution in [0.2, 0.25) is 0 Å². The van der Waals surface area contributed by atoms with Crippen molar-refractivity contribution >= 4 is 11.9 Å². The van der Waals surface area contributed by atoms with Crippen LogP contribution in [-0.2, 0) is 14.3 Å². The van der Waals surface area contributed by atoms with Gasteiger partial charge in [-0.3, -0.25) is 9.59 Å². The molecule has 1 amide bonds. The molecule has 0 saturated carbocycles. The number of aliphatic hydroxyl groups is 2. The molecule has 0 aliphatic rings. The molecule has 2 unspecified atom stereocenters. The SMILES string of the molecule is CCCCC/C=C\C/C=C\CCCCCCCCCC(=O)OCCCCCCCCCCCCCC/C=C\CCCCCCCCCCC(=O)NC(CO)C(O)/C=C/CCCCCCCCCCCCCCCC. The summed E-state index contributed by atoms with van der Waals surface area (Å²) in [4.78, 5) is 24.6. The summed E-state index contributed by atoms with van der Waals surface area (Å²) in [5.41, 5.74) is 0. The van der Waals surface area contributed by atoms with E-state index in [0.717, 1.165) is 51.4 Å². The van der Waals surface area contributed by atoms with Crippen molar-refractivity contribution < 1.29 is 24.5 Å². The third-order valence-corrected chi connectivity index (χ3v) is 15.1. The second kappa shape index (κ2) is 63.4. The molecule has 2 atom stereocenters. The quantitative estimate of drug-likeness (QED) is 0.0320. The van der Waals surface area contributed by atoms with Crippen molar-refractivity contribution in [2.75, 3.05) is 13.2 Å². The Morgan fingerprint density at radius 2 is 0.676 bits per heavy atom. The number of aliphatic hydroxyl groups excluding tert-OH is 2. The van der Waals surface area contributed by atoms with Gasteiger partial charge >= 0.3 is 5.97 Å². The Morgan fingerprint density at radius 1 is 0.378 bits per heavy atom. The van der Waals surface area contributed by atoms with Gasteiger partial charge in [0.15, 0.2) is 0 Å². The Labute approximate surface area is 461 Å². The van der Waals surface area contributed by atoms with Crippen molar-refractivity contribution in [2.24, 2.45) is 0 Å². The minimum Gasteiger partial charge on any atom is -0.466 e. The molecule has 434 valence electrons. The highest BCUT2D eigenvalue weighted by molar-refractivity contribution is 5.76. The van der Waals surface area contributed by atoms with Crippen LogP contribution < -0.4 is 5.32 Å². The average molecular weight is 1040 g/mol. The Morgan fingerprint density at radius 3 is 1.07 bits per heavy atom. The van der Waals surface area contributed by atoms with Crippen LogP contribution in [-0.4, -0.2) is 47.4 Å². The van der Waals surface area contributed by atoms with E-state index in [9.17, 15) is 19.8 Å². The molecule has 0 aliphatic heterocycles. The standard InChI is InChI=1S/C68H127NO5/c1-3-5-7-9-11-13-15-17-19-29-34-38-42-46-50-54-58-62-68(73)74-63-59-55-51-47-43-39-35-31-28-26-24-22-21-23-25-27-30-33-37-41-45-49-53-57-61-67(72)69-65(64-70)66(71)60-56-52-48-44-40-36-32-20-18-16-14-12-10-8-6-4-2/h11,13,17,19,23,25,56,60,65-66,70-71H,3-10,12,14-16,18,20-22,24,26-55,57-59,61-64H2,1-2H3,(H,69,72)/b13-11-,19-17-,25-23-,60-56+. The molecule has 0 rings (SSSR count). The Kier molecular flexibility index (Phi) is 61.5. The van der Waals surface area contributed by atoms with Gasteiger partial charge in [0.05, 0.1) is 25.4 Å². The van der Waals surface area contributed by atoms with Crippen molar-refractivity contribution in [3.8, 4) is 0 Å². The van der Waals surface area contributed by atoms with E-state index in [1.807, 2.05) is 6.08 Å². The van der Waals surface area contributed by atoms with E-state index in [-0.39, 0.29) is 18.5 Å². The van der Waals surface area contributed by atoms with Crippen LogP contribution in [0.3, 0.4) is 0 Å². The minimum absolute atomic E-state index is 0.00420. The third kappa shape index (κ3) is 59.1. The number of ether oxygens (including phenoxy) is 1. The molecule has 74 heavy (non-hydrogen) atoms. The molecule has 0 aromatic heterocycles. The first kappa shape index (κ1) is 71.8. The topological polar surface area (TPSA) is 95.9 Å². The molecule has 0 radical (unpaired) electrons. The maximum atomic E-state index is 12.5. The predicted octanol–water partition coefficient (Wildman–Crippen LogP) is 20.9. The lowest BCUT2D eigenvalue weighted by atomic mass is 10.0. The number of carbonyl (C=O) groups excluding carboxylic acids is 2. The van der Waals surface area contributed by atoms with Gasteiger partial charge in [-0.1, -0.05) is 294 Å². The van der Waals surface area contributed by atoms with Crippen LogP contribution in [0.4, 0.5) is 0 Å². The number of esters is 1. The summed E-state index contributed by atoms with van der Waals surface area (Å²) in [5, 5.41) is 23.2. The molecule has 0 fully saturated rings. The monoisotopic (exact) mass is 1040 g/mol. The maximum absolute atomic E-state index is 12.5. The number of carbonyl (C=O) groups is 2. The van der Waals surface area contributed by atoms with Gasteiger partial charge in [0.25, 0.3) is 0 Å². The molecule has 6 nitrogen and oxygen atoms in total. The summed E-state index contributed by atoms with van der Waals surface area (Å²) < 4.78 is 5.49. The summed E-state index contributed by atoms with van der Waals surface area (Å²) >= 11 is 0. The normalized spacial score (nSPS) is 12.9. The molecule has 0 bridgehead atoms. The first-order valence-electron chi connectivity index (χ1n) is 32.9. The van der Waals surface area contributed by atoms with Gasteiger partial charge in [-0.25, -0.2) is 0 Å². The van der Waals surface area contributed by atoms with Crippen LogP contribution in [0.25, 0.3) is 0 Å². The highest BCUT2D eigenvalue weighted by Gasteiger charge is 2.18. The number of amides is 1. The molecule has 3 N–H and O–H groups in total. The van der Waals surface area contributed by atoms with Crippen LogP contribution >= 0.6 is 0 Å². The fraction of sp³-hybridized carbons (Fsp3) is 0.853. The lowest BCUT2D eigenvalue weighted by molar-refractivity contribution is -0.143. The summed E-state index contributed by atoms with van der Waals surface area (Å²) in [6, 6.07) is -0.632. The van der Waals surface area contributed by atoms with Crippen LogP contribution in [0.1, 0.15) is 348 Å². The van der Waals surface area contributed by atoms with E-state index in [2.05, 4.69) is 55.6 Å². The molecular formula is C68H127NO5. The van der Waals surface area contributed by atoms with Crippen molar-refractivity contribution in [1.82, 2.24) is 5.32 Å². The number of rotatable bonds is 61. The Bertz CT molecular complexity index is 1240. The summed E-state index contributed by atoms with van der Waals surface area (Å²) in [5.74, 6) is -0.0671. The van der Waals surface area contributed by atoms with Crippen molar-refractivity contribution in [2.45, 2.75) is 360 Å². The fourth-order valence-corrected chi connectivity index (χ4v) is 10.0.